The number of likely N-dealkylation sites (tertiary alicyclic amines) is 1. The predicted molar refractivity (Wildman–Crippen MR) is 111 cm³/mol. The van der Waals surface area contributed by atoms with E-state index in [-0.39, 0.29) is 29.8 Å². The molecule has 3 aromatic rings. The van der Waals surface area contributed by atoms with Gasteiger partial charge < -0.3 is 24.6 Å². The number of carbonyl (C=O) groups is 1. The fourth-order valence-electron chi connectivity index (χ4n) is 5.06. The van der Waals surface area contributed by atoms with Crippen LogP contribution in [0.5, 0.6) is 5.75 Å². The Morgan fingerprint density at radius 3 is 2.67 bits per heavy atom. The molecular weight excluding hydrogens is 385 g/mol. The van der Waals surface area contributed by atoms with Crippen LogP contribution in [0.25, 0.3) is 10.9 Å². The number of carbonyl (C=O) groups excluding carboxylic acids is 1. The SMILES string of the molecule is COc1ccc2c3c(n(C)c2c1)[C@H](CO)NCC31CN(C(=O)c2ccc(F)cc2)C1. The van der Waals surface area contributed by atoms with Crippen molar-refractivity contribution in [2.24, 2.45) is 7.05 Å². The monoisotopic (exact) mass is 409 g/mol. The third-order valence-corrected chi connectivity index (χ3v) is 6.55. The molecule has 1 fully saturated rings. The summed E-state index contributed by atoms with van der Waals surface area (Å²) in [7, 11) is 3.65. The molecule has 1 aromatic heterocycles. The van der Waals surface area contributed by atoms with E-state index in [1.807, 2.05) is 19.2 Å². The Morgan fingerprint density at radius 2 is 2.00 bits per heavy atom. The maximum Gasteiger partial charge on any atom is 0.253 e. The van der Waals surface area contributed by atoms with E-state index in [0.717, 1.165) is 22.3 Å². The molecule has 2 aromatic carbocycles. The number of aromatic nitrogens is 1. The number of aliphatic hydroxyl groups is 1. The van der Waals surface area contributed by atoms with Crippen molar-refractivity contribution in [1.82, 2.24) is 14.8 Å². The number of amides is 1. The number of halogens is 1. The van der Waals surface area contributed by atoms with Crippen molar-refractivity contribution in [2.75, 3.05) is 33.4 Å². The topological polar surface area (TPSA) is 66.7 Å². The number of nitrogens with zero attached hydrogens (tertiary/aromatic N) is 2. The van der Waals surface area contributed by atoms with Gasteiger partial charge in [0, 0.05) is 54.8 Å². The van der Waals surface area contributed by atoms with Crippen molar-refractivity contribution in [3.63, 3.8) is 0 Å². The van der Waals surface area contributed by atoms with Gasteiger partial charge in [0.25, 0.3) is 5.91 Å². The highest BCUT2D eigenvalue weighted by Crippen LogP contribution is 2.46. The fourth-order valence-corrected chi connectivity index (χ4v) is 5.06. The van der Waals surface area contributed by atoms with Gasteiger partial charge in [-0.1, -0.05) is 0 Å². The maximum absolute atomic E-state index is 13.2. The second-order valence-corrected chi connectivity index (χ2v) is 8.27. The number of ether oxygens (including phenoxy) is 1. The Kier molecular flexibility index (Phi) is 4.34. The number of hydrogen-bond donors (Lipinski definition) is 2. The first-order chi connectivity index (χ1) is 14.5. The van der Waals surface area contributed by atoms with Crippen LogP contribution >= 0.6 is 0 Å². The number of benzene rings is 2. The molecule has 0 unspecified atom stereocenters. The third kappa shape index (κ3) is 2.66. The van der Waals surface area contributed by atoms with E-state index < -0.39 is 0 Å². The molecule has 0 bridgehead atoms. The summed E-state index contributed by atoms with van der Waals surface area (Å²) in [4.78, 5) is 14.7. The zero-order valence-corrected chi connectivity index (χ0v) is 17.0. The Bertz CT molecular complexity index is 1130. The van der Waals surface area contributed by atoms with Gasteiger partial charge >= 0.3 is 0 Å². The van der Waals surface area contributed by atoms with E-state index in [0.29, 0.717) is 25.2 Å². The van der Waals surface area contributed by atoms with E-state index in [1.165, 1.54) is 29.8 Å². The van der Waals surface area contributed by atoms with Crippen LogP contribution in [0.4, 0.5) is 4.39 Å². The van der Waals surface area contributed by atoms with Gasteiger partial charge in [-0.05, 0) is 42.0 Å². The molecule has 30 heavy (non-hydrogen) atoms. The first kappa shape index (κ1) is 19.1. The minimum absolute atomic E-state index is 0.00258. The van der Waals surface area contributed by atoms with Gasteiger partial charge in [-0.15, -0.1) is 0 Å². The zero-order chi connectivity index (χ0) is 21.0. The molecular formula is C23H24FN3O3. The molecule has 2 aliphatic heterocycles. The van der Waals surface area contributed by atoms with Crippen LogP contribution in [-0.2, 0) is 12.5 Å². The van der Waals surface area contributed by atoms with E-state index in [1.54, 1.807) is 12.0 Å². The molecule has 1 saturated heterocycles. The van der Waals surface area contributed by atoms with Crippen molar-refractivity contribution in [3.05, 3.63) is 65.1 Å². The minimum atomic E-state index is -0.353. The second kappa shape index (κ2) is 6.82. The smallest absolute Gasteiger partial charge is 0.253 e. The molecule has 0 radical (unpaired) electrons. The highest BCUT2D eigenvalue weighted by molar-refractivity contribution is 5.96. The summed E-state index contributed by atoms with van der Waals surface area (Å²) in [6.07, 6.45) is 0. The Hall–Kier alpha value is -2.90. The molecule has 2 aliphatic rings. The quantitative estimate of drug-likeness (QED) is 0.697. The number of aryl methyl sites for hydroxylation is 1. The Morgan fingerprint density at radius 1 is 1.27 bits per heavy atom. The van der Waals surface area contributed by atoms with Crippen molar-refractivity contribution >= 4 is 16.8 Å². The lowest BCUT2D eigenvalue weighted by Crippen LogP contribution is -2.67. The molecule has 3 heterocycles. The van der Waals surface area contributed by atoms with Crippen LogP contribution in [0.15, 0.2) is 42.5 Å². The fraction of sp³-hybridized carbons (Fsp3) is 0.348. The Balaban J connectivity index is 1.54. The van der Waals surface area contributed by atoms with Gasteiger partial charge in [-0.3, -0.25) is 4.79 Å². The Labute approximate surface area is 173 Å². The van der Waals surface area contributed by atoms with Crippen LogP contribution in [0.3, 0.4) is 0 Å². The van der Waals surface area contributed by atoms with E-state index in [4.69, 9.17) is 4.74 Å². The first-order valence-electron chi connectivity index (χ1n) is 10.0. The van der Waals surface area contributed by atoms with Crippen LogP contribution in [0, 0.1) is 5.82 Å². The lowest BCUT2D eigenvalue weighted by Gasteiger charge is -2.53. The number of rotatable bonds is 3. The average molecular weight is 409 g/mol. The summed E-state index contributed by atoms with van der Waals surface area (Å²) in [5, 5.41) is 14.6. The normalized spacial score (nSPS) is 19.6. The van der Waals surface area contributed by atoms with Crippen molar-refractivity contribution in [3.8, 4) is 5.75 Å². The number of nitrogens with one attached hydrogen (secondary N) is 1. The van der Waals surface area contributed by atoms with Crippen LogP contribution < -0.4 is 10.1 Å². The zero-order valence-electron chi connectivity index (χ0n) is 17.0. The highest BCUT2D eigenvalue weighted by Gasteiger charge is 2.52. The maximum atomic E-state index is 13.2. The van der Waals surface area contributed by atoms with Gasteiger partial charge in [-0.25, -0.2) is 4.39 Å². The lowest BCUT2D eigenvalue weighted by molar-refractivity contribution is 0.0338. The number of aliphatic hydroxyl groups excluding tert-OH is 1. The van der Waals surface area contributed by atoms with Crippen LogP contribution in [-0.4, -0.2) is 53.8 Å². The molecule has 7 heteroatoms. The van der Waals surface area contributed by atoms with Gasteiger partial charge in [0.05, 0.1) is 25.3 Å². The van der Waals surface area contributed by atoms with E-state index in [2.05, 4.69) is 16.0 Å². The first-order valence-corrected chi connectivity index (χ1v) is 10.0. The molecule has 156 valence electrons. The minimum Gasteiger partial charge on any atom is -0.497 e. The molecule has 0 saturated carbocycles. The summed E-state index contributed by atoms with van der Waals surface area (Å²) in [6.45, 7) is 1.84. The molecule has 2 N–H and O–H groups in total. The van der Waals surface area contributed by atoms with Crippen LogP contribution in [0.1, 0.15) is 27.7 Å². The lowest BCUT2D eigenvalue weighted by atomic mass is 9.69. The molecule has 1 amide bonds. The number of methoxy groups -OCH3 is 1. The van der Waals surface area contributed by atoms with E-state index in [9.17, 15) is 14.3 Å². The summed E-state index contributed by atoms with van der Waals surface area (Å²) in [6, 6.07) is 11.6. The molecule has 0 aliphatic carbocycles. The molecule has 5 rings (SSSR count). The van der Waals surface area contributed by atoms with Gasteiger partial charge in [0.15, 0.2) is 0 Å². The van der Waals surface area contributed by atoms with E-state index >= 15 is 0 Å². The van der Waals surface area contributed by atoms with Crippen molar-refractivity contribution < 1.29 is 19.0 Å². The second-order valence-electron chi connectivity index (χ2n) is 8.27. The van der Waals surface area contributed by atoms with Crippen molar-refractivity contribution in [2.45, 2.75) is 11.5 Å². The largest absolute Gasteiger partial charge is 0.497 e. The van der Waals surface area contributed by atoms with Crippen molar-refractivity contribution in [1.29, 1.82) is 0 Å². The summed E-state index contributed by atoms with van der Waals surface area (Å²) >= 11 is 0. The predicted octanol–water partition coefficient (Wildman–Crippen LogP) is 2.36. The number of hydrogen-bond acceptors (Lipinski definition) is 4. The van der Waals surface area contributed by atoms with Gasteiger partial charge in [0.2, 0.25) is 0 Å². The average Bonchev–Trinajstić information content (AvgIpc) is 3.04. The van der Waals surface area contributed by atoms with Crippen LogP contribution in [0.2, 0.25) is 0 Å². The third-order valence-electron chi connectivity index (χ3n) is 6.55. The number of fused-ring (bicyclic) bond motifs is 4. The molecule has 1 atom stereocenters. The highest BCUT2D eigenvalue weighted by atomic mass is 19.1. The summed E-state index contributed by atoms with van der Waals surface area (Å²) in [5.74, 6) is 0.340. The molecule has 6 nitrogen and oxygen atoms in total. The standard InChI is InChI=1S/C23H24FN3O3/c1-26-19-9-16(30-2)7-8-17(19)20-21(26)18(10-28)25-11-23(20)12-27(13-23)22(29)14-3-5-15(24)6-4-14/h3-9,18,25,28H,10-13H2,1-2H3/t18-/m0/s1. The van der Waals surface area contributed by atoms with Gasteiger partial charge in [0.1, 0.15) is 11.6 Å². The summed E-state index contributed by atoms with van der Waals surface area (Å²) in [5.41, 5.74) is 3.57. The summed E-state index contributed by atoms with van der Waals surface area (Å²) < 4.78 is 20.7. The molecule has 1 spiro atoms. The van der Waals surface area contributed by atoms with Gasteiger partial charge in [-0.2, -0.15) is 0 Å².